The first-order valence-electron chi connectivity index (χ1n) is 10.4. The van der Waals surface area contributed by atoms with Gasteiger partial charge in [0, 0.05) is 11.2 Å². The van der Waals surface area contributed by atoms with Crippen LogP contribution < -0.4 is 10.2 Å². The maximum Gasteiger partial charge on any atom is 0.251 e. The predicted octanol–water partition coefficient (Wildman–Crippen LogP) is 3.85. The largest absolute Gasteiger partial charge is 0.467 e. The molecule has 2 heterocycles. The number of nitrogens with one attached hydrogen (secondary N) is 1. The van der Waals surface area contributed by atoms with Crippen LogP contribution in [0.15, 0.2) is 71.3 Å². The van der Waals surface area contributed by atoms with Crippen LogP contribution in [0.2, 0.25) is 0 Å². The molecule has 170 valence electrons. The molecule has 0 bridgehead atoms. The summed E-state index contributed by atoms with van der Waals surface area (Å²) >= 11 is 0. The highest BCUT2D eigenvalue weighted by Crippen LogP contribution is 2.30. The van der Waals surface area contributed by atoms with E-state index in [9.17, 15) is 14.0 Å². The van der Waals surface area contributed by atoms with Crippen molar-refractivity contribution < 1.29 is 18.4 Å². The summed E-state index contributed by atoms with van der Waals surface area (Å²) < 4.78 is 20.7. The number of anilines is 1. The lowest BCUT2D eigenvalue weighted by atomic mass is 10.1. The maximum absolute atomic E-state index is 13.7. The number of para-hydroxylation sites is 1. The van der Waals surface area contributed by atoms with Crippen LogP contribution in [0, 0.1) is 5.82 Å². The average molecular weight is 449 g/mol. The molecule has 33 heavy (non-hydrogen) atoms. The quantitative estimate of drug-likeness (QED) is 0.483. The zero-order valence-electron chi connectivity index (χ0n) is 18.5. The van der Waals surface area contributed by atoms with Gasteiger partial charge in [0.15, 0.2) is 6.04 Å². The average Bonchev–Trinajstić information content (AvgIpc) is 3.42. The van der Waals surface area contributed by atoms with E-state index in [4.69, 9.17) is 4.42 Å². The molecule has 8 nitrogen and oxygen atoms in total. The molecular weight excluding hydrogens is 425 g/mol. The molecule has 0 fully saturated rings. The minimum absolute atomic E-state index is 0.183. The SMILES string of the molecule is CC(C)(C)NC(=O)[C@@H](c1ccco1)N(C(=O)Cn1nnc2ccccc21)c1ccc(F)cc1. The molecule has 0 aliphatic rings. The molecule has 0 saturated carbocycles. The van der Waals surface area contributed by atoms with E-state index in [1.807, 2.05) is 32.9 Å². The number of halogens is 1. The van der Waals surface area contributed by atoms with E-state index in [1.165, 1.54) is 40.1 Å². The van der Waals surface area contributed by atoms with Gasteiger partial charge in [-0.25, -0.2) is 9.07 Å². The summed E-state index contributed by atoms with van der Waals surface area (Å²) in [5.41, 5.74) is 1.11. The van der Waals surface area contributed by atoms with Crippen LogP contribution in [0.5, 0.6) is 0 Å². The zero-order chi connectivity index (χ0) is 23.6. The molecule has 0 aliphatic carbocycles. The Hall–Kier alpha value is -4.01. The van der Waals surface area contributed by atoms with E-state index >= 15 is 0 Å². The molecule has 2 amide bonds. The van der Waals surface area contributed by atoms with Crippen LogP contribution in [0.25, 0.3) is 11.0 Å². The Labute approximate surface area is 190 Å². The van der Waals surface area contributed by atoms with E-state index < -0.39 is 29.2 Å². The first-order chi connectivity index (χ1) is 15.7. The molecular formula is C24H24FN5O3. The second-order valence-electron chi connectivity index (χ2n) is 8.63. The fraction of sp³-hybridized carbons (Fsp3) is 0.250. The Balaban J connectivity index is 1.77. The van der Waals surface area contributed by atoms with Gasteiger partial charge in [-0.2, -0.15) is 0 Å². The highest BCUT2D eigenvalue weighted by Gasteiger charge is 2.36. The fourth-order valence-corrected chi connectivity index (χ4v) is 3.54. The highest BCUT2D eigenvalue weighted by atomic mass is 19.1. The Morgan fingerprint density at radius 2 is 1.82 bits per heavy atom. The third kappa shape index (κ3) is 4.92. The molecule has 1 atom stereocenters. The number of nitrogens with zero attached hydrogens (tertiary/aromatic N) is 4. The van der Waals surface area contributed by atoms with E-state index in [0.29, 0.717) is 16.7 Å². The lowest BCUT2D eigenvalue weighted by molar-refractivity contribution is -0.128. The molecule has 0 spiro atoms. The van der Waals surface area contributed by atoms with Crippen molar-refractivity contribution in [3.8, 4) is 0 Å². The topological polar surface area (TPSA) is 93.3 Å². The molecule has 0 aliphatic heterocycles. The minimum atomic E-state index is -1.12. The second-order valence-corrected chi connectivity index (χ2v) is 8.63. The van der Waals surface area contributed by atoms with E-state index in [2.05, 4.69) is 15.6 Å². The van der Waals surface area contributed by atoms with Crippen LogP contribution in [-0.2, 0) is 16.1 Å². The first kappa shape index (κ1) is 22.2. The molecule has 0 saturated heterocycles. The Morgan fingerprint density at radius 1 is 1.09 bits per heavy atom. The van der Waals surface area contributed by atoms with Gasteiger partial charge in [-0.3, -0.25) is 14.5 Å². The summed E-state index contributed by atoms with van der Waals surface area (Å²) in [7, 11) is 0. The van der Waals surface area contributed by atoms with Crippen molar-refractivity contribution in [3.05, 3.63) is 78.5 Å². The summed E-state index contributed by atoms with van der Waals surface area (Å²) in [6, 6.07) is 14.8. The Morgan fingerprint density at radius 3 is 2.48 bits per heavy atom. The van der Waals surface area contributed by atoms with Gasteiger partial charge in [0.25, 0.3) is 5.91 Å². The minimum Gasteiger partial charge on any atom is -0.467 e. The first-order valence-corrected chi connectivity index (χ1v) is 10.4. The summed E-state index contributed by atoms with van der Waals surface area (Å²) in [6.45, 7) is 5.35. The molecule has 2 aromatic heterocycles. The van der Waals surface area contributed by atoms with Crippen molar-refractivity contribution in [2.45, 2.75) is 38.9 Å². The van der Waals surface area contributed by atoms with Crippen molar-refractivity contribution in [3.63, 3.8) is 0 Å². The highest BCUT2D eigenvalue weighted by molar-refractivity contribution is 6.01. The van der Waals surface area contributed by atoms with Gasteiger partial charge in [0.2, 0.25) is 5.91 Å². The smallest absolute Gasteiger partial charge is 0.251 e. The van der Waals surface area contributed by atoms with Crippen molar-refractivity contribution >= 4 is 28.5 Å². The van der Waals surface area contributed by atoms with E-state index in [1.54, 1.807) is 24.3 Å². The summed E-state index contributed by atoms with van der Waals surface area (Å²) in [5.74, 6) is -1.05. The standard InChI is InChI=1S/C24H24FN5O3/c1-24(2,3)26-23(32)22(20-9-6-14-33-20)30(17-12-10-16(25)11-13-17)21(31)15-29-19-8-5-4-7-18(19)27-28-29/h4-14,22H,15H2,1-3H3,(H,26,32)/t22-/m1/s1. The van der Waals surface area contributed by atoms with Crippen LogP contribution >= 0.6 is 0 Å². The molecule has 9 heteroatoms. The molecule has 1 N–H and O–H groups in total. The van der Waals surface area contributed by atoms with Gasteiger partial charge in [0.05, 0.1) is 11.8 Å². The van der Waals surface area contributed by atoms with Crippen molar-refractivity contribution in [1.82, 2.24) is 20.3 Å². The van der Waals surface area contributed by atoms with Gasteiger partial charge in [-0.1, -0.05) is 17.3 Å². The van der Waals surface area contributed by atoms with Crippen LogP contribution in [-0.4, -0.2) is 32.3 Å². The third-order valence-electron chi connectivity index (χ3n) is 4.90. The number of rotatable bonds is 6. The number of amides is 2. The number of fused-ring (bicyclic) bond motifs is 1. The van der Waals surface area contributed by atoms with Crippen molar-refractivity contribution in [2.75, 3.05) is 4.90 Å². The number of aromatic nitrogens is 3. The van der Waals surface area contributed by atoms with Crippen LogP contribution in [0.4, 0.5) is 10.1 Å². The number of hydrogen-bond acceptors (Lipinski definition) is 5. The van der Waals surface area contributed by atoms with Gasteiger partial charge in [0.1, 0.15) is 23.6 Å². The molecule has 2 aromatic carbocycles. The lowest BCUT2D eigenvalue weighted by Crippen LogP contribution is -2.50. The maximum atomic E-state index is 13.7. The zero-order valence-corrected chi connectivity index (χ0v) is 18.5. The normalized spacial score (nSPS) is 12.5. The molecule has 4 rings (SSSR count). The molecule has 0 radical (unpaired) electrons. The number of carbonyl (C=O) groups is 2. The number of hydrogen-bond donors (Lipinski definition) is 1. The van der Waals surface area contributed by atoms with Crippen LogP contribution in [0.3, 0.4) is 0 Å². The van der Waals surface area contributed by atoms with E-state index in [-0.39, 0.29) is 12.3 Å². The Kier molecular flexibility index (Phi) is 5.95. The predicted molar refractivity (Wildman–Crippen MR) is 121 cm³/mol. The summed E-state index contributed by atoms with van der Waals surface area (Å²) in [5, 5.41) is 11.1. The summed E-state index contributed by atoms with van der Waals surface area (Å²) in [4.78, 5) is 28.4. The Bertz CT molecular complexity index is 1260. The lowest BCUT2D eigenvalue weighted by Gasteiger charge is -2.32. The molecule has 4 aromatic rings. The van der Waals surface area contributed by atoms with Gasteiger partial charge < -0.3 is 9.73 Å². The fourth-order valence-electron chi connectivity index (χ4n) is 3.54. The monoisotopic (exact) mass is 449 g/mol. The van der Waals surface area contributed by atoms with Gasteiger partial charge in [-0.15, -0.1) is 5.10 Å². The van der Waals surface area contributed by atoms with Crippen molar-refractivity contribution in [1.29, 1.82) is 0 Å². The van der Waals surface area contributed by atoms with Crippen LogP contribution in [0.1, 0.15) is 32.6 Å². The van der Waals surface area contributed by atoms with Crippen molar-refractivity contribution in [2.24, 2.45) is 0 Å². The number of carbonyl (C=O) groups excluding carboxylic acids is 2. The summed E-state index contributed by atoms with van der Waals surface area (Å²) in [6.07, 6.45) is 1.44. The third-order valence-corrected chi connectivity index (χ3v) is 4.90. The number of furan rings is 1. The van der Waals surface area contributed by atoms with Gasteiger partial charge >= 0.3 is 0 Å². The second kappa shape index (κ2) is 8.85. The van der Waals surface area contributed by atoms with E-state index in [0.717, 1.165) is 0 Å². The number of benzene rings is 2. The molecule has 0 unspecified atom stereocenters. The van der Waals surface area contributed by atoms with Gasteiger partial charge in [-0.05, 0) is 69.3 Å².